The summed E-state index contributed by atoms with van der Waals surface area (Å²) < 4.78 is 0. The summed E-state index contributed by atoms with van der Waals surface area (Å²) in [4.78, 5) is 13.5. The number of rotatable bonds is 4. The Bertz CT molecular complexity index is 570. The molecule has 4 nitrogen and oxygen atoms in total. The minimum atomic E-state index is -0.953. The minimum Gasteiger partial charge on any atom is -0.478 e. The van der Waals surface area contributed by atoms with Gasteiger partial charge in [-0.25, -0.2) is 4.79 Å². The number of carboxylic acid groups (broad SMARTS) is 1. The molecule has 114 valence electrons. The van der Waals surface area contributed by atoms with Crippen LogP contribution >= 0.6 is 0 Å². The molecule has 3 N–H and O–H groups in total. The van der Waals surface area contributed by atoms with Gasteiger partial charge in [0.25, 0.3) is 0 Å². The van der Waals surface area contributed by atoms with Gasteiger partial charge in [0.2, 0.25) is 0 Å². The molecule has 0 spiro atoms. The summed E-state index contributed by atoms with van der Waals surface area (Å²) in [7, 11) is 2.06. The van der Waals surface area contributed by atoms with Crippen LogP contribution in [0.1, 0.15) is 41.6 Å². The second kappa shape index (κ2) is 5.24. The molecule has 3 rings (SSSR count). The predicted molar refractivity (Wildman–Crippen MR) is 84.8 cm³/mol. The molecular formula is C17H24N2O2. The monoisotopic (exact) mass is 288 g/mol. The third-order valence-electron chi connectivity index (χ3n) is 5.44. The second-order valence-electron chi connectivity index (χ2n) is 6.84. The largest absolute Gasteiger partial charge is 0.478 e. The van der Waals surface area contributed by atoms with Gasteiger partial charge in [0.15, 0.2) is 0 Å². The van der Waals surface area contributed by atoms with Crippen molar-refractivity contribution in [2.45, 2.75) is 32.6 Å². The van der Waals surface area contributed by atoms with Gasteiger partial charge in [0, 0.05) is 25.0 Å². The van der Waals surface area contributed by atoms with E-state index in [-0.39, 0.29) is 5.56 Å². The molecule has 2 fully saturated rings. The van der Waals surface area contributed by atoms with E-state index in [0.717, 1.165) is 35.5 Å². The number of nitrogens with two attached hydrogens (primary N) is 1. The standard InChI is InChI=1S/C17H24N2O2/c1-10-5-14(8-15(16(10)18)17(20)21)19(2)9-13-7-11-3-4-12(13)6-11/h5,8,11-13H,3-4,6-7,9,18H2,1-2H3,(H,20,21). The van der Waals surface area contributed by atoms with Crippen LogP contribution in [0.3, 0.4) is 0 Å². The van der Waals surface area contributed by atoms with Gasteiger partial charge in [-0.3, -0.25) is 0 Å². The lowest BCUT2D eigenvalue weighted by Crippen LogP contribution is -2.28. The summed E-state index contributed by atoms with van der Waals surface area (Å²) in [5.41, 5.74) is 8.25. The lowest BCUT2D eigenvalue weighted by atomic mass is 9.88. The second-order valence-corrected chi connectivity index (χ2v) is 6.84. The molecule has 21 heavy (non-hydrogen) atoms. The van der Waals surface area contributed by atoms with Gasteiger partial charge in [0.1, 0.15) is 0 Å². The third kappa shape index (κ3) is 2.59. The number of nitrogens with zero attached hydrogens (tertiary/aromatic N) is 1. The molecular weight excluding hydrogens is 264 g/mol. The smallest absolute Gasteiger partial charge is 0.337 e. The van der Waals surface area contributed by atoms with Crippen LogP contribution in [0.15, 0.2) is 12.1 Å². The SMILES string of the molecule is Cc1cc(N(C)CC2CC3CCC2C3)cc(C(=O)O)c1N. The van der Waals surface area contributed by atoms with Crippen LogP contribution in [-0.4, -0.2) is 24.7 Å². The molecule has 0 amide bonds. The van der Waals surface area contributed by atoms with Crippen LogP contribution in [-0.2, 0) is 0 Å². The maximum atomic E-state index is 11.3. The molecule has 2 aliphatic carbocycles. The molecule has 1 aromatic carbocycles. The Morgan fingerprint density at radius 2 is 2.14 bits per heavy atom. The number of anilines is 2. The zero-order chi connectivity index (χ0) is 15.1. The van der Waals surface area contributed by atoms with Crippen LogP contribution < -0.4 is 10.6 Å². The first-order valence-corrected chi connectivity index (χ1v) is 7.80. The normalized spacial score (nSPS) is 27.0. The van der Waals surface area contributed by atoms with Gasteiger partial charge in [-0.05, 0) is 61.6 Å². The molecule has 2 saturated carbocycles. The van der Waals surface area contributed by atoms with Crippen molar-refractivity contribution in [2.24, 2.45) is 17.8 Å². The quantitative estimate of drug-likeness (QED) is 0.835. The zero-order valence-electron chi connectivity index (χ0n) is 12.8. The molecule has 2 bridgehead atoms. The van der Waals surface area contributed by atoms with E-state index in [1.54, 1.807) is 6.07 Å². The average molecular weight is 288 g/mol. The summed E-state index contributed by atoms with van der Waals surface area (Å²) in [6, 6.07) is 3.70. The van der Waals surface area contributed by atoms with Crippen molar-refractivity contribution in [2.75, 3.05) is 24.2 Å². The molecule has 0 heterocycles. The summed E-state index contributed by atoms with van der Waals surface area (Å²) in [5.74, 6) is 1.63. The summed E-state index contributed by atoms with van der Waals surface area (Å²) in [6.45, 7) is 2.89. The van der Waals surface area contributed by atoms with Gasteiger partial charge >= 0.3 is 5.97 Å². The molecule has 0 aliphatic heterocycles. The number of carboxylic acids is 1. The Hall–Kier alpha value is -1.71. The maximum Gasteiger partial charge on any atom is 0.337 e. The molecule has 3 atom stereocenters. The first-order chi connectivity index (χ1) is 9.95. The fraction of sp³-hybridized carbons (Fsp3) is 0.588. The van der Waals surface area contributed by atoms with Crippen molar-refractivity contribution >= 4 is 17.3 Å². The highest BCUT2D eigenvalue weighted by molar-refractivity contribution is 5.95. The Labute approximate surface area is 125 Å². The summed E-state index contributed by atoms with van der Waals surface area (Å²) in [5, 5.41) is 9.27. The number of nitrogen functional groups attached to an aromatic ring is 1. The van der Waals surface area contributed by atoms with Crippen molar-refractivity contribution in [3.05, 3.63) is 23.3 Å². The van der Waals surface area contributed by atoms with Gasteiger partial charge < -0.3 is 15.7 Å². The Kier molecular flexibility index (Phi) is 3.56. The third-order valence-corrected chi connectivity index (χ3v) is 5.44. The average Bonchev–Trinajstić information content (AvgIpc) is 3.03. The van der Waals surface area contributed by atoms with Crippen LogP contribution in [0.4, 0.5) is 11.4 Å². The van der Waals surface area contributed by atoms with E-state index in [4.69, 9.17) is 5.73 Å². The van der Waals surface area contributed by atoms with Crippen LogP contribution in [0, 0.1) is 24.7 Å². The van der Waals surface area contributed by atoms with Crippen molar-refractivity contribution in [3.63, 3.8) is 0 Å². The predicted octanol–water partition coefficient (Wildman–Crippen LogP) is 3.15. The number of benzene rings is 1. The molecule has 4 heteroatoms. The Morgan fingerprint density at radius 3 is 2.71 bits per heavy atom. The van der Waals surface area contributed by atoms with E-state index in [1.807, 2.05) is 13.0 Å². The number of hydrogen-bond donors (Lipinski definition) is 2. The van der Waals surface area contributed by atoms with E-state index in [1.165, 1.54) is 25.7 Å². The first-order valence-electron chi connectivity index (χ1n) is 7.80. The first kappa shape index (κ1) is 14.2. The van der Waals surface area contributed by atoms with Crippen LogP contribution in [0.25, 0.3) is 0 Å². The fourth-order valence-electron chi connectivity index (χ4n) is 4.23. The van der Waals surface area contributed by atoms with Crippen molar-refractivity contribution in [3.8, 4) is 0 Å². The van der Waals surface area contributed by atoms with E-state index in [0.29, 0.717) is 5.69 Å². The van der Waals surface area contributed by atoms with Crippen LogP contribution in [0.5, 0.6) is 0 Å². The maximum absolute atomic E-state index is 11.3. The highest BCUT2D eigenvalue weighted by Crippen LogP contribution is 2.48. The lowest BCUT2D eigenvalue weighted by Gasteiger charge is -2.29. The van der Waals surface area contributed by atoms with Crippen molar-refractivity contribution in [1.82, 2.24) is 0 Å². The van der Waals surface area contributed by atoms with E-state index in [9.17, 15) is 9.90 Å². The molecule has 0 saturated heterocycles. The van der Waals surface area contributed by atoms with E-state index < -0.39 is 5.97 Å². The number of aryl methyl sites for hydroxylation is 1. The molecule has 0 aromatic heterocycles. The van der Waals surface area contributed by atoms with Gasteiger partial charge in [-0.1, -0.05) is 6.42 Å². The van der Waals surface area contributed by atoms with Crippen molar-refractivity contribution in [1.29, 1.82) is 0 Å². The van der Waals surface area contributed by atoms with Gasteiger partial charge in [-0.15, -0.1) is 0 Å². The van der Waals surface area contributed by atoms with E-state index in [2.05, 4.69) is 11.9 Å². The molecule has 3 unspecified atom stereocenters. The van der Waals surface area contributed by atoms with Crippen molar-refractivity contribution < 1.29 is 9.90 Å². The summed E-state index contributed by atoms with van der Waals surface area (Å²) >= 11 is 0. The number of fused-ring (bicyclic) bond motifs is 2. The zero-order valence-corrected chi connectivity index (χ0v) is 12.8. The minimum absolute atomic E-state index is 0.213. The molecule has 2 aliphatic rings. The van der Waals surface area contributed by atoms with Gasteiger partial charge in [0.05, 0.1) is 5.56 Å². The molecule has 0 radical (unpaired) electrons. The Balaban J connectivity index is 1.78. The number of aromatic carboxylic acids is 1. The highest BCUT2D eigenvalue weighted by Gasteiger charge is 2.39. The van der Waals surface area contributed by atoms with Crippen LogP contribution in [0.2, 0.25) is 0 Å². The highest BCUT2D eigenvalue weighted by atomic mass is 16.4. The van der Waals surface area contributed by atoms with Gasteiger partial charge in [-0.2, -0.15) is 0 Å². The number of hydrogen-bond acceptors (Lipinski definition) is 3. The number of carbonyl (C=O) groups is 1. The summed E-state index contributed by atoms with van der Waals surface area (Å²) in [6.07, 6.45) is 5.54. The molecule has 1 aromatic rings. The van der Waals surface area contributed by atoms with E-state index >= 15 is 0 Å². The lowest BCUT2D eigenvalue weighted by molar-refractivity contribution is 0.0698. The fourth-order valence-corrected chi connectivity index (χ4v) is 4.23. The topological polar surface area (TPSA) is 66.6 Å². The Morgan fingerprint density at radius 1 is 1.38 bits per heavy atom.